The summed E-state index contributed by atoms with van der Waals surface area (Å²) in [7, 11) is -1.09. The average molecular weight is 203 g/mol. The highest BCUT2D eigenvalue weighted by Gasteiger charge is 2.11. The van der Waals surface area contributed by atoms with Gasteiger partial charge in [0.15, 0.2) is 5.78 Å². The highest BCUT2D eigenvalue weighted by Crippen LogP contribution is 2.19. The second-order valence-electron chi connectivity index (χ2n) is 2.34. The Morgan fingerprint density at radius 1 is 1.75 bits per heavy atom. The Balaban J connectivity index is 2.78. The number of hydrogen-bond acceptors (Lipinski definition) is 4. The lowest BCUT2D eigenvalue weighted by atomic mass is 10.2. The Bertz CT molecular complexity index is 319. The number of nitrogen functional groups attached to an aromatic ring is 1. The molecule has 0 fully saturated rings. The van der Waals surface area contributed by atoms with E-state index in [9.17, 15) is 9.00 Å². The van der Waals surface area contributed by atoms with Crippen LogP contribution in [0.2, 0.25) is 0 Å². The summed E-state index contributed by atoms with van der Waals surface area (Å²) >= 11 is 1.32. The molecule has 0 saturated heterocycles. The maximum absolute atomic E-state index is 11.3. The Morgan fingerprint density at radius 2 is 2.42 bits per heavy atom. The molecule has 2 N–H and O–H groups in total. The second kappa shape index (κ2) is 3.82. The van der Waals surface area contributed by atoms with E-state index >= 15 is 0 Å². The first-order valence-corrected chi connectivity index (χ1v) is 5.88. The lowest BCUT2D eigenvalue weighted by Gasteiger charge is -1.95. The van der Waals surface area contributed by atoms with Crippen LogP contribution in [0.3, 0.4) is 0 Å². The molecule has 0 radical (unpaired) electrons. The fraction of sp³-hybridized carbons (Fsp3) is 0.286. The number of rotatable bonds is 3. The van der Waals surface area contributed by atoms with E-state index in [0.29, 0.717) is 10.6 Å². The molecule has 1 heterocycles. The number of thiophene rings is 1. The molecular formula is C7H9NO2S2. The molecular weight excluding hydrogens is 194 g/mol. The fourth-order valence-corrected chi connectivity index (χ4v) is 2.00. The molecule has 3 nitrogen and oxygen atoms in total. The van der Waals surface area contributed by atoms with Crippen LogP contribution in [0.25, 0.3) is 0 Å². The van der Waals surface area contributed by atoms with Crippen molar-refractivity contribution in [1.29, 1.82) is 0 Å². The van der Waals surface area contributed by atoms with E-state index in [-0.39, 0.29) is 11.5 Å². The predicted molar refractivity (Wildman–Crippen MR) is 52.0 cm³/mol. The molecule has 1 unspecified atom stereocenters. The van der Waals surface area contributed by atoms with Crippen molar-refractivity contribution in [2.75, 3.05) is 17.7 Å². The van der Waals surface area contributed by atoms with Crippen LogP contribution >= 0.6 is 11.3 Å². The summed E-state index contributed by atoms with van der Waals surface area (Å²) in [6.07, 6.45) is 1.50. The summed E-state index contributed by atoms with van der Waals surface area (Å²) in [5.41, 5.74) is 6.01. The molecule has 0 aliphatic heterocycles. The molecule has 66 valence electrons. The fourth-order valence-electron chi connectivity index (χ4n) is 0.814. The van der Waals surface area contributed by atoms with Gasteiger partial charge in [-0.2, -0.15) is 0 Å². The number of anilines is 1. The van der Waals surface area contributed by atoms with Gasteiger partial charge in [0.25, 0.3) is 0 Å². The Kier molecular flexibility index (Phi) is 2.99. The zero-order valence-corrected chi connectivity index (χ0v) is 8.21. The molecule has 0 aliphatic carbocycles. The molecule has 0 aromatic carbocycles. The van der Waals surface area contributed by atoms with E-state index in [1.54, 1.807) is 11.4 Å². The number of Topliss-reactive ketones (excluding diaryl/α,β-unsaturated/α-hetero) is 1. The van der Waals surface area contributed by atoms with E-state index < -0.39 is 10.8 Å². The van der Waals surface area contributed by atoms with Crippen LogP contribution in [-0.4, -0.2) is 22.0 Å². The van der Waals surface area contributed by atoms with E-state index in [2.05, 4.69) is 0 Å². The predicted octanol–water partition coefficient (Wildman–Crippen LogP) is 0.892. The van der Waals surface area contributed by atoms with Crippen molar-refractivity contribution in [3.05, 3.63) is 17.0 Å². The summed E-state index contributed by atoms with van der Waals surface area (Å²) in [5, 5.41) is 2.26. The first-order chi connectivity index (χ1) is 5.61. The quantitative estimate of drug-likeness (QED) is 0.742. The summed E-state index contributed by atoms with van der Waals surface area (Å²) in [6, 6.07) is 1.66. The number of hydrogen-bond donors (Lipinski definition) is 1. The van der Waals surface area contributed by atoms with Gasteiger partial charge in [0.05, 0.1) is 16.3 Å². The Labute approximate surface area is 77.0 Å². The standard InChI is InChI=1S/C7H9NO2S2/c1-12(10)4-6(9)5-2-3-11-7(5)8/h2-3H,4,8H2,1H3. The van der Waals surface area contributed by atoms with Crippen molar-refractivity contribution >= 4 is 32.9 Å². The molecule has 0 saturated carbocycles. The van der Waals surface area contributed by atoms with Gasteiger partial charge in [-0.15, -0.1) is 11.3 Å². The Morgan fingerprint density at radius 3 is 2.83 bits per heavy atom. The van der Waals surface area contributed by atoms with Gasteiger partial charge >= 0.3 is 0 Å². The SMILES string of the molecule is CS(=O)CC(=O)c1ccsc1N. The van der Waals surface area contributed by atoms with Gasteiger partial charge in [-0.3, -0.25) is 9.00 Å². The molecule has 1 aromatic rings. The third-order valence-electron chi connectivity index (χ3n) is 1.33. The Hall–Kier alpha value is -0.680. The minimum atomic E-state index is -1.09. The van der Waals surface area contributed by atoms with Gasteiger partial charge in [-0.25, -0.2) is 0 Å². The van der Waals surface area contributed by atoms with Crippen LogP contribution in [0.5, 0.6) is 0 Å². The molecule has 1 atom stereocenters. The van der Waals surface area contributed by atoms with Gasteiger partial charge in [-0.05, 0) is 11.4 Å². The summed E-state index contributed by atoms with van der Waals surface area (Å²) < 4.78 is 10.7. The van der Waals surface area contributed by atoms with Gasteiger partial charge in [0, 0.05) is 17.1 Å². The normalized spacial score (nSPS) is 12.8. The summed E-state index contributed by atoms with van der Waals surface area (Å²) in [4.78, 5) is 11.3. The average Bonchev–Trinajstić information content (AvgIpc) is 2.33. The van der Waals surface area contributed by atoms with Crippen LogP contribution in [0.4, 0.5) is 5.00 Å². The number of carbonyl (C=O) groups excluding carboxylic acids is 1. The van der Waals surface area contributed by atoms with Gasteiger partial charge < -0.3 is 5.73 Å². The topological polar surface area (TPSA) is 60.2 Å². The van der Waals surface area contributed by atoms with Crippen molar-refractivity contribution in [2.45, 2.75) is 0 Å². The molecule has 0 aliphatic rings. The third-order valence-corrected chi connectivity index (χ3v) is 2.74. The second-order valence-corrected chi connectivity index (χ2v) is 4.72. The lowest BCUT2D eigenvalue weighted by Crippen LogP contribution is -2.10. The summed E-state index contributed by atoms with van der Waals surface area (Å²) in [5.74, 6) is -0.0874. The number of carbonyl (C=O) groups is 1. The zero-order chi connectivity index (χ0) is 9.14. The van der Waals surface area contributed by atoms with Crippen LogP contribution in [0, 0.1) is 0 Å². The lowest BCUT2D eigenvalue weighted by molar-refractivity contribution is 0.102. The van der Waals surface area contributed by atoms with Crippen LogP contribution in [0.15, 0.2) is 11.4 Å². The van der Waals surface area contributed by atoms with E-state index in [4.69, 9.17) is 5.73 Å². The highest BCUT2D eigenvalue weighted by atomic mass is 32.2. The van der Waals surface area contributed by atoms with E-state index in [1.807, 2.05) is 0 Å². The maximum atomic E-state index is 11.3. The molecule has 1 aromatic heterocycles. The van der Waals surface area contributed by atoms with Crippen LogP contribution in [-0.2, 0) is 10.8 Å². The molecule has 5 heteroatoms. The largest absolute Gasteiger partial charge is 0.390 e. The van der Waals surface area contributed by atoms with E-state index in [1.165, 1.54) is 17.6 Å². The molecule has 0 spiro atoms. The third kappa shape index (κ3) is 2.15. The zero-order valence-electron chi connectivity index (χ0n) is 6.57. The minimum absolute atomic E-state index is 0.0565. The highest BCUT2D eigenvalue weighted by molar-refractivity contribution is 7.85. The number of ketones is 1. The maximum Gasteiger partial charge on any atom is 0.178 e. The minimum Gasteiger partial charge on any atom is -0.390 e. The number of nitrogens with two attached hydrogens (primary N) is 1. The van der Waals surface area contributed by atoms with Crippen molar-refractivity contribution in [1.82, 2.24) is 0 Å². The van der Waals surface area contributed by atoms with Gasteiger partial charge in [0.1, 0.15) is 0 Å². The van der Waals surface area contributed by atoms with Crippen LogP contribution < -0.4 is 5.73 Å². The van der Waals surface area contributed by atoms with Crippen molar-refractivity contribution in [2.24, 2.45) is 0 Å². The van der Waals surface area contributed by atoms with Crippen molar-refractivity contribution in [3.8, 4) is 0 Å². The molecule has 12 heavy (non-hydrogen) atoms. The molecule has 0 bridgehead atoms. The molecule has 1 rings (SSSR count). The van der Waals surface area contributed by atoms with Gasteiger partial charge in [-0.1, -0.05) is 0 Å². The smallest absolute Gasteiger partial charge is 0.178 e. The molecule has 0 amide bonds. The van der Waals surface area contributed by atoms with Gasteiger partial charge in [0.2, 0.25) is 0 Å². The summed E-state index contributed by atoms with van der Waals surface area (Å²) in [6.45, 7) is 0. The van der Waals surface area contributed by atoms with Crippen molar-refractivity contribution in [3.63, 3.8) is 0 Å². The first-order valence-electron chi connectivity index (χ1n) is 3.27. The van der Waals surface area contributed by atoms with Crippen LogP contribution in [0.1, 0.15) is 10.4 Å². The first kappa shape index (κ1) is 9.41. The van der Waals surface area contributed by atoms with Crippen molar-refractivity contribution < 1.29 is 9.00 Å². The monoisotopic (exact) mass is 203 g/mol. The van der Waals surface area contributed by atoms with E-state index in [0.717, 1.165) is 0 Å².